The number of carbonyl (C=O) groups excluding carboxylic acids is 1. The second-order valence-corrected chi connectivity index (χ2v) is 10.1. The van der Waals surface area contributed by atoms with Gasteiger partial charge in [0.2, 0.25) is 15.9 Å². The number of nitrogens with zero attached hydrogens (tertiary/aromatic N) is 2. The molecule has 7 heteroatoms. The van der Waals surface area contributed by atoms with Crippen molar-refractivity contribution in [2.45, 2.75) is 36.0 Å². The molecule has 2 aromatic rings. The molecule has 1 aliphatic carbocycles. The van der Waals surface area contributed by atoms with Crippen LogP contribution in [0, 0.1) is 17.2 Å². The van der Waals surface area contributed by atoms with E-state index < -0.39 is 10.0 Å². The lowest BCUT2D eigenvalue weighted by molar-refractivity contribution is -0.126. The third-order valence-corrected chi connectivity index (χ3v) is 8.25. The van der Waals surface area contributed by atoms with Crippen LogP contribution in [0.15, 0.2) is 59.5 Å². The lowest BCUT2D eigenvalue weighted by Crippen LogP contribution is -2.44. The zero-order valence-corrected chi connectivity index (χ0v) is 17.6. The van der Waals surface area contributed by atoms with Crippen LogP contribution in [0.4, 0.5) is 0 Å². The summed E-state index contributed by atoms with van der Waals surface area (Å²) in [4.78, 5) is 12.7. The Bertz CT molecular complexity index is 1060. The van der Waals surface area contributed by atoms with Crippen molar-refractivity contribution in [3.05, 3.63) is 65.7 Å². The van der Waals surface area contributed by atoms with Gasteiger partial charge >= 0.3 is 0 Å². The minimum absolute atomic E-state index is 0.00618. The number of hydrogen-bond donors (Lipinski definition) is 1. The van der Waals surface area contributed by atoms with E-state index in [1.54, 1.807) is 12.1 Å². The number of piperidine rings is 1. The number of rotatable bonds is 6. The molecule has 6 nitrogen and oxygen atoms in total. The fraction of sp³-hybridized carbons (Fsp3) is 0.391. The lowest BCUT2D eigenvalue weighted by Gasteiger charge is -2.31. The smallest absolute Gasteiger partial charge is 0.244 e. The first-order chi connectivity index (χ1) is 14.5. The molecule has 0 radical (unpaired) electrons. The van der Waals surface area contributed by atoms with E-state index in [-0.39, 0.29) is 40.8 Å². The highest BCUT2D eigenvalue weighted by Gasteiger charge is 2.44. The van der Waals surface area contributed by atoms with Crippen LogP contribution in [0.5, 0.6) is 0 Å². The summed E-state index contributed by atoms with van der Waals surface area (Å²) in [5, 5.41) is 12.3. The third-order valence-electron chi connectivity index (χ3n) is 6.29. The Morgan fingerprint density at radius 3 is 2.33 bits per heavy atom. The van der Waals surface area contributed by atoms with Crippen LogP contribution >= 0.6 is 0 Å². The molecule has 1 saturated heterocycles. The Balaban J connectivity index is 1.34. The number of nitriles is 1. The molecule has 1 heterocycles. The molecular formula is C23H25N3O3S. The zero-order chi connectivity index (χ0) is 21.2. The molecule has 2 aliphatic rings. The Hall–Kier alpha value is -2.69. The van der Waals surface area contributed by atoms with Crippen molar-refractivity contribution in [2.75, 3.05) is 19.6 Å². The van der Waals surface area contributed by atoms with Crippen LogP contribution in [0.25, 0.3) is 0 Å². The average Bonchev–Trinajstić information content (AvgIpc) is 3.59. The highest BCUT2D eigenvalue weighted by molar-refractivity contribution is 7.89. The molecule has 30 heavy (non-hydrogen) atoms. The maximum atomic E-state index is 12.9. The molecule has 156 valence electrons. The molecule has 2 fully saturated rings. The van der Waals surface area contributed by atoms with E-state index in [2.05, 4.69) is 17.4 Å². The van der Waals surface area contributed by atoms with E-state index in [1.807, 2.05) is 24.3 Å². The summed E-state index contributed by atoms with van der Waals surface area (Å²) in [6, 6.07) is 18.5. The quantitative estimate of drug-likeness (QED) is 0.774. The molecule has 0 bridgehead atoms. The molecule has 4 rings (SSSR count). The SMILES string of the molecule is N#Cc1ccccc1S(=O)(=O)N1CCC(C(=O)NCC2(c3ccccc3)CC2)CC1. The van der Waals surface area contributed by atoms with E-state index in [4.69, 9.17) is 0 Å². The predicted octanol–water partition coefficient (Wildman–Crippen LogP) is 2.81. The van der Waals surface area contributed by atoms with Gasteiger partial charge in [-0.1, -0.05) is 42.5 Å². The molecule has 1 amide bonds. The van der Waals surface area contributed by atoms with Crippen molar-refractivity contribution in [1.29, 1.82) is 5.26 Å². The lowest BCUT2D eigenvalue weighted by atomic mass is 9.94. The molecule has 2 aromatic carbocycles. The molecule has 1 aliphatic heterocycles. The summed E-state index contributed by atoms with van der Waals surface area (Å²) in [6.07, 6.45) is 3.12. The molecular weight excluding hydrogens is 398 g/mol. The summed E-state index contributed by atoms with van der Waals surface area (Å²) >= 11 is 0. The summed E-state index contributed by atoms with van der Waals surface area (Å²) in [5.74, 6) is -0.180. The van der Waals surface area contributed by atoms with Crippen molar-refractivity contribution in [2.24, 2.45) is 5.92 Å². The number of hydrogen-bond acceptors (Lipinski definition) is 4. The first-order valence-electron chi connectivity index (χ1n) is 10.3. The van der Waals surface area contributed by atoms with E-state index in [9.17, 15) is 18.5 Å². The third kappa shape index (κ3) is 3.98. The Morgan fingerprint density at radius 2 is 1.70 bits per heavy atom. The molecule has 0 atom stereocenters. The Kier molecular flexibility index (Phi) is 5.63. The Morgan fingerprint density at radius 1 is 1.07 bits per heavy atom. The fourth-order valence-corrected chi connectivity index (χ4v) is 5.80. The zero-order valence-electron chi connectivity index (χ0n) is 16.8. The highest BCUT2D eigenvalue weighted by atomic mass is 32.2. The maximum Gasteiger partial charge on any atom is 0.244 e. The number of carbonyl (C=O) groups is 1. The topological polar surface area (TPSA) is 90.3 Å². The fourth-order valence-electron chi connectivity index (χ4n) is 4.19. The molecule has 1 saturated carbocycles. The van der Waals surface area contributed by atoms with E-state index >= 15 is 0 Å². The summed E-state index contributed by atoms with van der Waals surface area (Å²) < 4.78 is 27.3. The van der Waals surface area contributed by atoms with Gasteiger partial charge in [-0.2, -0.15) is 9.57 Å². The minimum atomic E-state index is -3.74. The second kappa shape index (κ2) is 8.21. The summed E-state index contributed by atoms with van der Waals surface area (Å²) in [7, 11) is -3.74. The van der Waals surface area contributed by atoms with Crippen LogP contribution in [-0.4, -0.2) is 38.3 Å². The predicted molar refractivity (Wildman–Crippen MR) is 113 cm³/mol. The van der Waals surface area contributed by atoms with Gasteiger partial charge in [-0.25, -0.2) is 8.42 Å². The second-order valence-electron chi connectivity index (χ2n) is 8.15. The van der Waals surface area contributed by atoms with Gasteiger partial charge in [0.05, 0.1) is 10.5 Å². The van der Waals surface area contributed by atoms with Gasteiger partial charge in [-0.3, -0.25) is 4.79 Å². The van der Waals surface area contributed by atoms with Crippen molar-refractivity contribution >= 4 is 15.9 Å². The first-order valence-corrected chi connectivity index (χ1v) is 11.7. The van der Waals surface area contributed by atoms with Crippen molar-refractivity contribution in [1.82, 2.24) is 9.62 Å². The maximum absolute atomic E-state index is 12.9. The molecule has 1 N–H and O–H groups in total. The normalized spacial score (nSPS) is 19.0. The van der Waals surface area contributed by atoms with E-state index in [0.29, 0.717) is 19.4 Å². The van der Waals surface area contributed by atoms with Gasteiger partial charge in [0.15, 0.2) is 0 Å². The van der Waals surface area contributed by atoms with E-state index in [0.717, 1.165) is 12.8 Å². The first kappa shape index (κ1) is 20.6. The van der Waals surface area contributed by atoms with Gasteiger partial charge in [-0.15, -0.1) is 0 Å². The number of nitrogens with one attached hydrogen (secondary N) is 1. The number of benzene rings is 2. The average molecular weight is 424 g/mol. The highest BCUT2D eigenvalue weighted by Crippen LogP contribution is 2.47. The largest absolute Gasteiger partial charge is 0.355 e. The van der Waals surface area contributed by atoms with Crippen LogP contribution in [-0.2, 0) is 20.2 Å². The number of sulfonamides is 1. The van der Waals surface area contributed by atoms with Gasteiger partial charge in [0.25, 0.3) is 0 Å². The van der Waals surface area contributed by atoms with Gasteiger partial charge in [-0.05, 0) is 43.4 Å². The monoisotopic (exact) mass is 423 g/mol. The van der Waals surface area contributed by atoms with Gasteiger partial charge < -0.3 is 5.32 Å². The minimum Gasteiger partial charge on any atom is -0.355 e. The van der Waals surface area contributed by atoms with Crippen LogP contribution in [0.2, 0.25) is 0 Å². The summed E-state index contributed by atoms with van der Waals surface area (Å²) in [6.45, 7) is 1.19. The molecule has 0 aromatic heterocycles. The number of amides is 1. The van der Waals surface area contributed by atoms with Crippen molar-refractivity contribution in [3.63, 3.8) is 0 Å². The van der Waals surface area contributed by atoms with Crippen molar-refractivity contribution < 1.29 is 13.2 Å². The van der Waals surface area contributed by atoms with E-state index in [1.165, 1.54) is 22.0 Å². The standard InChI is InChI=1S/C23H25N3O3S/c24-16-19-6-4-5-9-21(19)30(28,29)26-14-10-18(11-15-26)22(27)25-17-23(12-13-23)20-7-2-1-3-8-20/h1-9,18H,10-15,17H2,(H,25,27). The molecule has 0 spiro atoms. The summed E-state index contributed by atoms with van der Waals surface area (Å²) in [5.41, 5.74) is 1.47. The van der Waals surface area contributed by atoms with Crippen LogP contribution in [0.1, 0.15) is 36.8 Å². The van der Waals surface area contributed by atoms with Gasteiger partial charge in [0, 0.05) is 31.0 Å². The van der Waals surface area contributed by atoms with Gasteiger partial charge in [0.1, 0.15) is 6.07 Å². The van der Waals surface area contributed by atoms with Crippen molar-refractivity contribution in [3.8, 4) is 6.07 Å². The van der Waals surface area contributed by atoms with Crippen LogP contribution < -0.4 is 5.32 Å². The molecule has 0 unspecified atom stereocenters. The Labute approximate surface area is 177 Å². The van der Waals surface area contributed by atoms with Crippen LogP contribution in [0.3, 0.4) is 0 Å².